The van der Waals surface area contributed by atoms with Crippen LogP contribution in [0.2, 0.25) is 0 Å². The second-order valence-electron chi connectivity index (χ2n) is 5.14. The Morgan fingerprint density at radius 2 is 1.73 bits per heavy atom. The SMILES string of the molecule is C=C(C)C(=O)Oc1cccc2c(/C([O-])=N/S(=O)(=O)C(F)(F)F)cccc12. The van der Waals surface area contributed by atoms with Crippen molar-refractivity contribution >= 4 is 32.7 Å². The maximum absolute atomic E-state index is 12.4. The van der Waals surface area contributed by atoms with Gasteiger partial charge < -0.3 is 9.84 Å². The normalized spacial score (nSPS) is 12.8. The number of alkyl halides is 3. The van der Waals surface area contributed by atoms with Crippen LogP contribution < -0.4 is 9.84 Å². The lowest BCUT2D eigenvalue weighted by atomic mass is 10.0. The molecule has 0 unspecified atom stereocenters. The third kappa shape index (κ3) is 3.85. The fourth-order valence-corrected chi connectivity index (χ4v) is 2.37. The molecular weight excluding hydrogens is 375 g/mol. The van der Waals surface area contributed by atoms with Crippen LogP contribution in [0, 0.1) is 0 Å². The fourth-order valence-electron chi connectivity index (χ4n) is 1.95. The molecule has 0 heterocycles. The third-order valence-corrected chi connectivity index (χ3v) is 4.15. The number of benzene rings is 2. The van der Waals surface area contributed by atoms with Gasteiger partial charge in [0.15, 0.2) is 0 Å². The number of sulfonamides is 1. The Balaban J connectivity index is 2.61. The molecule has 0 atom stereocenters. The molecule has 0 bridgehead atoms. The Hall–Kier alpha value is -2.88. The molecule has 0 aliphatic carbocycles. The zero-order valence-corrected chi connectivity index (χ0v) is 14.0. The number of rotatable bonds is 4. The molecule has 0 spiro atoms. The second kappa shape index (κ2) is 6.79. The van der Waals surface area contributed by atoms with E-state index in [1.54, 1.807) is 0 Å². The number of carbonyl (C=O) groups is 1. The minimum absolute atomic E-state index is 0.0313. The van der Waals surface area contributed by atoms with Gasteiger partial charge in [-0.25, -0.2) is 4.79 Å². The lowest BCUT2D eigenvalue weighted by Gasteiger charge is -2.15. The van der Waals surface area contributed by atoms with Crippen LogP contribution in [0.3, 0.4) is 0 Å². The van der Waals surface area contributed by atoms with E-state index >= 15 is 0 Å². The minimum Gasteiger partial charge on any atom is -0.858 e. The van der Waals surface area contributed by atoms with Crippen LogP contribution in [0.1, 0.15) is 12.5 Å². The highest BCUT2D eigenvalue weighted by Crippen LogP contribution is 2.30. The number of ether oxygens (including phenoxy) is 1. The Morgan fingerprint density at radius 3 is 2.31 bits per heavy atom. The lowest BCUT2D eigenvalue weighted by Crippen LogP contribution is -2.27. The monoisotopic (exact) mass is 386 g/mol. The highest BCUT2D eigenvalue weighted by molar-refractivity contribution is 7.91. The van der Waals surface area contributed by atoms with Crippen molar-refractivity contribution in [3.05, 3.63) is 54.1 Å². The summed E-state index contributed by atoms with van der Waals surface area (Å²) >= 11 is 0. The molecule has 0 amide bonds. The van der Waals surface area contributed by atoms with Gasteiger partial charge in [0.25, 0.3) is 0 Å². The van der Waals surface area contributed by atoms with E-state index in [0.717, 1.165) is 6.07 Å². The zero-order chi connectivity index (χ0) is 19.7. The first-order valence-electron chi connectivity index (χ1n) is 6.92. The molecule has 0 saturated carbocycles. The molecule has 0 radical (unpaired) electrons. The molecule has 2 aromatic rings. The largest absolute Gasteiger partial charge is 0.858 e. The van der Waals surface area contributed by atoms with Crippen LogP contribution in [0.5, 0.6) is 5.75 Å². The standard InChI is InChI=1S/C16H12F3NO5S/c1-9(2)15(22)25-13-8-4-5-10-11(13)6-3-7-12(10)14(21)20-26(23,24)16(17,18)19/h3-8H,1H2,2H3,(H,20,21)/p-1. The van der Waals surface area contributed by atoms with Crippen molar-refractivity contribution in [2.24, 2.45) is 4.40 Å². The summed E-state index contributed by atoms with van der Waals surface area (Å²) in [4.78, 5) is 11.7. The summed E-state index contributed by atoms with van der Waals surface area (Å²) in [5.74, 6) is -2.29. The van der Waals surface area contributed by atoms with Crippen LogP contribution in [0.15, 0.2) is 52.9 Å². The molecule has 2 rings (SSSR count). The topological polar surface area (TPSA) is 95.9 Å². The van der Waals surface area contributed by atoms with Gasteiger partial charge in [-0.15, -0.1) is 0 Å². The van der Waals surface area contributed by atoms with Gasteiger partial charge in [-0.3, -0.25) is 0 Å². The molecule has 26 heavy (non-hydrogen) atoms. The number of hydrogen-bond acceptors (Lipinski definition) is 5. The molecule has 0 fully saturated rings. The molecule has 0 aromatic heterocycles. The minimum atomic E-state index is -5.98. The fraction of sp³-hybridized carbons (Fsp3) is 0.125. The van der Waals surface area contributed by atoms with Crippen molar-refractivity contribution in [2.75, 3.05) is 0 Å². The summed E-state index contributed by atoms with van der Waals surface area (Å²) in [6, 6.07) is 8.01. The van der Waals surface area contributed by atoms with E-state index in [1.165, 1.54) is 37.3 Å². The van der Waals surface area contributed by atoms with Crippen molar-refractivity contribution < 1.29 is 36.2 Å². The summed E-state index contributed by atoms with van der Waals surface area (Å²) in [7, 11) is -5.98. The molecule has 6 nitrogen and oxygen atoms in total. The molecule has 0 aliphatic rings. The first-order chi connectivity index (χ1) is 11.9. The molecule has 10 heteroatoms. The number of halogens is 3. The van der Waals surface area contributed by atoms with E-state index in [-0.39, 0.29) is 27.7 Å². The van der Waals surface area contributed by atoms with Gasteiger partial charge in [-0.1, -0.05) is 36.9 Å². The number of carbonyl (C=O) groups excluding carboxylic acids is 1. The van der Waals surface area contributed by atoms with E-state index < -0.39 is 27.4 Å². The van der Waals surface area contributed by atoms with Crippen molar-refractivity contribution in [3.8, 4) is 5.75 Å². The number of esters is 1. The number of hydrogen-bond donors (Lipinski definition) is 0. The van der Waals surface area contributed by atoms with Gasteiger partial charge in [0.2, 0.25) is 0 Å². The van der Waals surface area contributed by atoms with Crippen LogP contribution in [-0.2, 0) is 14.8 Å². The van der Waals surface area contributed by atoms with Gasteiger partial charge in [0, 0.05) is 16.9 Å². The Labute approximate surface area is 146 Å². The quantitative estimate of drug-likeness (QED) is 0.264. The van der Waals surface area contributed by atoms with Gasteiger partial charge in [-0.2, -0.15) is 26.0 Å². The average Bonchev–Trinajstić information content (AvgIpc) is 2.52. The Kier molecular flexibility index (Phi) is 5.08. The summed E-state index contributed by atoms with van der Waals surface area (Å²) in [6.07, 6.45) is 0. The van der Waals surface area contributed by atoms with Crippen molar-refractivity contribution in [1.82, 2.24) is 0 Å². The molecule has 0 saturated heterocycles. The molecular formula is C16H11F3NO5S-. The van der Waals surface area contributed by atoms with Crippen molar-refractivity contribution in [1.29, 1.82) is 0 Å². The summed E-state index contributed by atoms with van der Waals surface area (Å²) in [5.41, 5.74) is -5.96. The van der Waals surface area contributed by atoms with Gasteiger partial charge in [0.05, 0.1) is 0 Å². The lowest BCUT2D eigenvalue weighted by molar-refractivity contribution is -0.212. The maximum atomic E-state index is 12.4. The van der Waals surface area contributed by atoms with Gasteiger partial charge in [-0.05, 0) is 23.9 Å². The van der Waals surface area contributed by atoms with Gasteiger partial charge in [0.1, 0.15) is 5.75 Å². The van der Waals surface area contributed by atoms with E-state index in [2.05, 4.69) is 11.0 Å². The number of nitrogens with zero attached hydrogens (tertiary/aromatic N) is 1. The van der Waals surface area contributed by atoms with Crippen LogP contribution in [0.25, 0.3) is 10.8 Å². The smallest absolute Gasteiger partial charge is 0.518 e. The highest BCUT2D eigenvalue weighted by Gasteiger charge is 2.45. The molecule has 138 valence electrons. The molecule has 0 aliphatic heterocycles. The van der Waals surface area contributed by atoms with E-state index in [1.807, 2.05) is 0 Å². The van der Waals surface area contributed by atoms with E-state index in [9.17, 15) is 31.5 Å². The highest BCUT2D eigenvalue weighted by atomic mass is 32.2. The van der Waals surface area contributed by atoms with E-state index in [4.69, 9.17) is 4.74 Å². The molecule has 0 N–H and O–H groups in total. The second-order valence-corrected chi connectivity index (χ2v) is 6.74. The Morgan fingerprint density at radius 1 is 1.15 bits per heavy atom. The summed E-state index contributed by atoms with van der Waals surface area (Å²) in [5, 5.41) is 12.3. The predicted molar refractivity (Wildman–Crippen MR) is 85.9 cm³/mol. The first kappa shape index (κ1) is 19.4. The average molecular weight is 386 g/mol. The molecule has 2 aromatic carbocycles. The first-order valence-corrected chi connectivity index (χ1v) is 8.36. The zero-order valence-electron chi connectivity index (χ0n) is 13.2. The van der Waals surface area contributed by atoms with Crippen LogP contribution in [0.4, 0.5) is 13.2 Å². The summed E-state index contributed by atoms with van der Waals surface area (Å²) < 4.78 is 66.8. The Bertz CT molecular complexity index is 1030. The van der Waals surface area contributed by atoms with Crippen LogP contribution >= 0.6 is 0 Å². The van der Waals surface area contributed by atoms with Crippen LogP contribution in [-0.4, -0.2) is 25.8 Å². The number of fused-ring (bicyclic) bond motifs is 1. The predicted octanol–water partition coefficient (Wildman–Crippen LogP) is 2.28. The van der Waals surface area contributed by atoms with Crippen molar-refractivity contribution in [2.45, 2.75) is 12.4 Å². The summed E-state index contributed by atoms with van der Waals surface area (Å²) in [6.45, 7) is 4.84. The van der Waals surface area contributed by atoms with Gasteiger partial charge >= 0.3 is 21.5 Å². The van der Waals surface area contributed by atoms with Crippen molar-refractivity contribution in [3.63, 3.8) is 0 Å². The third-order valence-electron chi connectivity index (χ3n) is 3.16. The maximum Gasteiger partial charge on any atom is 0.518 e. The van der Waals surface area contributed by atoms with E-state index in [0.29, 0.717) is 0 Å².